The molecule has 36 heavy (non-hydrogen) atoms. The van der Waals surface area contributed by atoms with Gasteiger partial charge in [0.2, 0.25) is 0 Å². The molecule has 1 atom stereocenters. The van der Waals surface area contributed by atoms with E-state index in [4.69, 9.17) is 9.47 Å². The molecule has 1 amide bonds. The van der Waals surface area contributed by atoms with Crippen LogP contribution in [0.4, 0.5) is 10.5 Å². The second-order valence-electron chi connectivity index (χ2n) is 10.2. The molecule has 3 heterocycles. The number of benzene rings is 3. The van der Waals surface area contributed by atoms with Crippen molar-refractivity contribution >= 4 is 11.8 Å². The van der Waals surface area contributed by atoms with Crippen molar-refractivity contribution in [1.82, 2.24) is 0 Å². The molecule has 5 heteroatoms. The number of rotatable bonds is 10. The number of para-hydroxylation sites is 2. The molecule has 0 aromatic heterocycles. The third-order valence-electron chi connectivity index (χ3n) is 7.84. The maximum absolute atomic E-state index is 13.5. The topological polar surface area (TPSA) is 38.8 Å². The van der Waals surface area contributed by atoms with Crippen LogP contribution in [0.15, 0.2) is 91.0 Å². The highest BCUT2D eigenvalue weighted by atomic mass is 16.6. The highest BCUT2D eigenvalue weighted by Gasteiger charge is 2.47. The molecule has 0 saturated carbocycles. The molecule has 0 radical (unpaired) electrons. The number of fused-ring (bicyclic) bond motifs is 3. The number of carbonyl (C=O) groups excluding carboxylic acids is 1. The van der Waals surface area contributed by atoms with E-state index in [0.717, 1.165) is 61.3 Å². The van der Waals surface area contributed by atoms with Gasteiger partial charge in [-0.15, -0.1) is 0 Å². The molecule has 3 fully saturated rings. The van der Waals surface area contributed by atoms with Gasteiger partial charge in [-0.25, -0.2) is 4.79 Å². The number of hydrogen-bond acceptors (Lipinski definition) is 3. The predicted molar refractivity (Wildman–Crippen MR) is 143 cm³/mol. The summed E-state index contributed by atoms with van der Waals surface area (Å²) in [5.74, 6) is 1.40. The molecule has 0 N–H and O–H groups in total. The van der Waals surface area contributed by atoms with Gasteiger partial charge in [0, 0.05) is 37.4 Å². The Bertz CT molecular complexity index is 1080. The van der Waals surface area contributed by atoms with E-state index in [1.54, 1.807) is 0 Å². The Morgan fingerprint density at radius 2 is 1.50 bits per heavy atom. The van der Waals surface area contributed by atoms with Gasteiger partial charge in [-0.1, -0.05) is 66.7 Å². The van der Waals surface area contributed by atoms with Gasteiger partial charge in [-0.3, -0.25) is 4.90 Å². The minimum Gasteiger partial charge on any atom is -0.493 e. The Balaban J connectivity index is 1.19. The number of quaternary nitrogens is 1. The molecule has 188 valence electrons. The zero-order chi connectivity index (χ0) is 24.6. The van der Waals surface area contributed by atoms with E-state index < -0.39 is 0 Å². The van der Waals surface area contributed by atoms with Crippen LogP contribution in [0.2, 0.25) is 0 Å². The van der Waals surface area contributed by atoms with Crippen LogP contribution in [0, 0.1) is 5.92 Å². The van der Waals surface area contributed by atoms with E-state index >= 15 is 0 Å². The quantitative estimate of drug-likeness (QED) is 0.263. The normalized spacial score (nSPS) is 22.7. The summed E-state index contributed by atoms with van der Waals surface area (Å²) < 4.78 is 13.2. The molecule has 0 spiro atoms. The lowest BCUT2D eigenvalue weighted by atomic mass is 9.83. The number of amides is 1. The van der Waals surface area contributed by atoms with Gasteiger partial charge in [0.05, 0.1) is 26.2 Å². The van der Waals surface area contributed by atoms with E-state index in [-0.39, 0.29) is 12.2 Å². The number of ether oxygens (including phenoxy) is 2. The largest absolute Gasteiger partial charge is 0.493 e. The average Bonchev–Trinajstić information content (AvgIpc) is 2.94. The fourth-order valence-corrected chi connectivity index (χ4v) is 5.79. The van der Waals surface area contributed by atoms with Gasteiger partial charge in [0.25, 0.3) is 0 Å². The van der Waals surface area contributed by atoms with Crippen LogP contribution in [-0.2, 0) is 11.2 Å². The Kier molecular flexibility index (Phi) is 7.87. The summed E-state index contributed by atoms with van der Waals surface area (Å²) in [6.07, 6.45) is 3.83. The lowest BCUT2D eigenvalue weighted by Gasteiger charge is -2.52. The van der Waals surface area contributed by atoms with Crippen LogP contribution in [0.1, 0.15) is 24.8 Å². The Hall–Kier alpha value is -3.31. The summed E-state index contributed by atoms with van der Waals surface area (Å²) in [5.41, 5.74) is 2.11. The lowest BCUT2D eigenvalue weighted by Crippen LogP contribution is -2.65. The Morgan fingerprint density at radius 1 is 0.861 bits per heavy atom. The molecular formula is C31H37N2O3+. The molecule has 0 aliphatic carbocycles. The second-order valence-corrected chi connectivity index (χ2v) is 10.2. The van der Waals surface area contributed by atoms with Crippen LogP contribution in [0.5, 0.6) is 5.75 Å². The average molecular weight is 486 g/mol. The van der Waals surface area contributed by atoms with E-state index in [9.17, 15) is 4.79 Å². The van der Waals surface area contributed by atoms with Crippen LogP contribution < -0.4 is 9.64 Å². The van der Waals surface area contributed by atoms with Crippen molar-refractivity contribution in [3.63, 3.8) is 0 Å². The maximum atomic E-state index is 13.5. The van der Waals surface area contributed by atoms with E-state index in [2.05, 4.69) is 12.1 Å². The van der Waals surface area contributed by atoms with Crippen molar-refractivity contribution in [2.75, 3.05) is 44.2 Å². The molecule has 2 bridgehead atoms. The molecule has 5 nitrogen and oxygen atoms in total. The SMILES string of the molecule is O=C(O[C@H]1C[N+]2(CCCOc3ccccc3)CCC1CC2)N(CCc1ccccc1)c1ccccc1. The van der Waals surface area contributed by atoms with Gasteiger partial charge < -0.3 is 14.0 Å². The van der Waals surface area contributed by atoms with Gasteiger partial charge in [0.1, 0.15) is 12.3 Å². The fraction of sp³-hybridized carbons (Fsp3) is 0.387. The van der Waals surface area contributed by atoms with Crippen molar-refractivity contribution in [3.05, 3.63) is 96.6 Å². The minimum atomic E-state index is -0.221. The molecular weight excluding hydrogens is 448 g/mol. The first-order valence-corrected chi connectivity index (χ1v) is 13.3. The number of anilines is 1. The van der Waals surface area contributed by atoms with Crippen LogP contribution in [-0.4, -0.2) is 56.0 Å². The van der Waals surface area contributed by atoms with Crippen LogP contribution in [0.25, 0.3) is 0 Å². The van der Waals surface area contributed by atoms with E-state index in [1.807, 2.05) is 83.8 Å². The van der Waals surface area contributed by atoms with Gasteiger partial charge in [-0.2, -0.15) is 0 Å². The van der Waals surface area contributed by atoms with E-state index in [0.29, 0.717) is 12.5 Å². The van der Waals surface area contributed by atoms with E-state index in [1.165, 1.54) is 18.7 Å². The molecule has 3 aromatic carbocycles. The first-order valence-electron chi connectivity index (χ1n) is 13.3. The third kappa shape index (κ3) is 6.08. The number of carbonyl (C=O) groups is 1. The molecule has 3 aliphatic heterocycles. The van der Waals surface area contributed by atoms with Gasteiger partial charge in [0.15, 0.2) is 6.10 Å². The summed E-state index contributed by atoms with van der Waals surface area (Å²) in [7, 11) is 0. The minimum absolute atomic E-state index is 0.0158. The van der Waals surface area contributed by atoms with Crippen molar-refractivity contribution in [2.24, 2.45) is 5.92 Å². The van der Waals surface area contributed by atoms with Gasteiger partial charge in [-0.05, 0) is 36.2 Å². The summed E-state index contributed by atoms with van der Waals surface area (Å²) in [4.78, 5) is 15.3. The maximum Gasteiger partial charge on any atom is 0.414 e. The molecule has 0 unspecified atom stereocenters. The third-order valence-corrected chi connectivity index (χ3v) is 7.84. The first kappa shape index (κ1) is 24.4. The van der Waals surface area contributed by atoms with Crippen molar-refractivity contribution in [1.29, 1.82) is 0 Å². The zero-order valence-electron chi connectivity index (χ0n) is 21.0. The van der Waals surface area contributed by atoms with Crippen LogP contribution in [0.3, 0.4) is 0 Å². The smallest absolute Gasteiger partial charge is 0.414 e. The zero-order valence-corrected chi connectivity index (χ0v) is 21.0. The molecule has 3 saturated heterocycles. The molecule has 3 aliphatic rings. The highest BCUT2D eigenvalue weighted by Crippen LogP contribution is 2.36. The van der Waals surface area contributed by atoms with Crippen molar-refractivity contribution < 1.29 is 18.8 Å². The van der Waals surface area contributed by atoms with Crippen molar-refractivity contribution in [2.45, 2.75) is 31.8 Å². The Labute approximate surface area is 214 Å². The fourth-order valence-electron chi connectivity index (χ4n) is 5.79. The molecule has 6 rings (SSSR count). The second kappa shape index (κ2) is 11.6. The summed E-state index contributed by atoms with van der Waals surface area (Å²) in [6.45, 7) is 5.67. The summed E-state index contributed by atoms with van der Waals surface area (Å²) in [5, 5.41) is 0. The standard InChI is InChI=1S/C31H37N2O3/c34-31(32(28-13-6-2-7-14-28)20-17-26-11-4-1-5-12-26)36-30-25-33(22-18-27(30)19-23-33)21-10-24-35-29-15-8-3-9-16-29/h1-9,11-16,27,30H,10,17-25H2/q+1/t27?,30-,33?/m0/s1. The van der Waals surface area contributed by atoms with Crippen molar-refractivity contribution in [3.8, 4) is 5.75 Å². The lowest BCUT2D eigenvalue weighted by molar-refractivity contribution is -0.946. The summed E-state index contributed by atoms with van der Waals surface area (Å²) in [6, 6.07) is 30.3. The number of hydrogen-bond donors (Lipinski definition) is 0. The monoisotopic (exact) mass is 485 g/mol. The summed E-state index contributed by atoms with van der Waals surface area (Å²) >= 11 is 0. The highest BCUT2D eigenvalue weighted by molar-refractivity contribution is 5.87. The number of nitrogens with zero attached hydrogens (tertiary/aromatic N) is 2. The van der Waals surface area contributed by atoms with Crippen LogP contribution >= 0.6 is 0 Å². The van der Waals surface area contributed by atoms with Gasteiger partial charge >= 0.3 is 6.09 Å². The Morgan fingerprint density at radius 3 is 2.19 bits per heavy atom. The predicted octanol–water partition coefficient (Wildman–Crippen LogP) is 5.95. The molecule has 3 aromatic rings. The number of piperidine rings is 3. The first-order chi connectivity index (χ1) is 17.7.